The van der Waals surface area contributed by atoms with Gasteiger partial charge >= 0.3 is 0 Å². The fourth-order valence-corrected chi connectivity index (χ4v) is 3.02. The van der Waals surface area contributed by atoms with E-state index >= 15 is 0 Å². The summed E-state index contributed by atoms with van der Waals surface area (Å²) in [6.07, 6.45) is 0. The number of rotatable bonds is 2. The monoisotopic (exact) mass is 189 g/mol. The van der Waals surface area contributed by atoms with Crippen LogP contribution in [0.4, 0.5) is 0 Å². The van der Waals surface area contributed by atoms with Gasteiger partial charge in [-0.2, -0.15) is 0 Å². The van der Waals surface area contributed by atoms with E-state index in [1.807, 2.05) is 17.5 Å². The first-order chi connectivity index (χ1) is 5.02. The number of thiophene rings is 1. The molecule has 0 aromatic carbocycles. The lowest BCUT2D eigenvalue weighted by Crippen LogP contribution is -2.07. The van der Waals surface area contributed by atoms with Crippen molar-refractivity contribution in [2.75, 3.05) is 13.3 Å². The minimum atomic E-state index is -2.16. The summed E-state index contributed by atoms with van der Waals surface area (Å²) < 4.78 is 11.5. The van der Waals surface area contributed by atoms with Crippen LogP contribution in [-0.2, 0) is 4.57 Å². The highest BCUT2D eigenvalue weighted by Gasteiger charge is 2.20. The quantitative estimate of drug-likeness (QED) is 0.725. The second kappa shape index (κ2) is 3.10. The minimum absolute atomic E-state index is 0.275. The Labute approximate surface area is 70.8 Å². The van der Waals surface area contributed by atoms with Crippen molar-refractivity contribution in [3.8, 4) is 0 Å². The van der Waals surface area contributed by atoms with Crippen LogP contribution in [-0.4, -0.2) is 13.3 Å². The largest absolute Gasteiger partial charge is 0.322 e. The standard InChI is InChI=1S/C7H12NOPS/c1-10(2,9)7(8)6-4-3-5-11-6/h3-5,7H,8H2,1-2H3/t7-/m0/s1. The average Bonchev–Trinajstić information content (AvgIpc) is 2.34. The summed E-state index contributed by atoms with van der Waals surface area (Å²) in [7, 11) is -2.16. The molecule has 4 heteroatoms. The Morgan fingerprint density at radius 2 is 2.27 bits per heavy atom. The van der Waals surface area contributed by atoms with Gasteiger partial charge in [-0.05, 0) is 24.8 Å². The van der Waals surface area contributed by atoms with E-state index in [1.165, 1.54) is 0 Å². The zero-order valence-corrected chi connectivity index (χ0v) is 8.36. The lowest BCUT2D eigenvalue weighted by Gasteiger charge is -2.13. The molecule has 11 heavy (non-hydrogen) atoms. The molecule has 0 aliphatic heterocycles. The highest BCUT2D eigenvalue weighted by Crippen LogP contribution is 2.50. The van der Waals surface area contributed by atoms with Crippen LogP contribution >= 0.6 is 18.5 Å². The second-order valence-corrected chi connectivity index (χ2v) is 7.30. The van der Waals surface area contributed by atoms with Gasteiger partial charge in [-0.3, -0.25) is 0 Å². The summed E-state index contributed by atoms with van der Waals surface area (Å²) >= 11 is 1.56. The van der Waals surface area contributed by atoms with Crippen LogP contribution in [0, 0.1) is 0 Å². The van der Waals surface area contributed by atoms with Gasteiger partial charge in [0.25, 0.3) is 0 Å². The van der Waals surface area contributed by atoms with Gasteiger partial charge in [0.1, 0.15) is 7.14 Å². The number of hydrogen-bond acceptors (Lipinski definition) is 3. The molecule has 0 aliphatic carbocycles. The Kier molecular flexibility index (Phi) is 2.53. The molecular formula is C7H12NOPS. The maximum Gasteiger partial charge on any atom is 0.103 e. The van der Waals surface area contributed by atoms with Gasteiger partial charge in [-0.25, -0.2) is 0 Å². The molecule has 2 N–H and O–H groups in total. The Morgan fingerprint density at radius 1 is 1.64 bits per heavy atom. The molecule has 62 valence electrons. The predicted octanol–water partition coefficient (Wildman–Crippen LogP) is 2.33. The Bertz CT molecular complexity index is 264. The fourth-order valence-electron chi connectivity index (χ4n) is 0.766. The normalized spacial score (nSPS) is 14.8. The van der Waals surface area contributed by atoms with Crippen molar-refractivity contribution in [3.05, 3.63) is 22.4 Å². The van der Waals surface area contributed by atoms with Gasteiger partial charge in [0, 0.05) is 4.88 Å². The first kappa shape index (κ1) is 8.98. The topological polar surface area (TPSA) is 43.1 Å². The van der Waals surface area contributed by atoms with Crippen molar-refractivity contribution in [1.82, 2.24) is 0 Å². The third-order valence-corrected chi connectivity index (χ3v) is 4.25. The lowest BCUT2D eigenvalue weighted by molar-refractivity contribution is 0.575. The van der Waals surface area contributed by atoms with Gasteiger partial charge < -0.3 is 10.3 Å². The maximum atomic E-state index is 11.5. The van der Waals surface area contributed by atoms with E-state index in [4.69, 9.17) is 5.73 Å². The second-order valence-electron chi connectivity index (χ2n) is 2.89. The summed E-state index contributed by atoms with van der Waals surface area (Å²) in [5, 5.41) is 1.95. The van der Waals surface area contributed by atoms with Crippen molar-refractivity contribution in [2.45, 2.75) is 5.78 Å². The van der Waals surface area contributed by atoms with E-state index in [2.05, 4.69) is 0 Å². The molecule has 0 bridgehead atoms. The van der Waals surface area contributed by atoms with Crippen LogP contribution in [0.2, 0.25) is 0 Å². The molecule has 0 saturated carbocycles. The third-order valence-electron chi connectivity index (χ3n) is 1.50. The fraction of sp³-hybridized carbons (Fsp3) is 0.429. The van der Waals surface area contributed by atoms with E-state index in [0.717, 1.165) is 4.88 Å². The van der Waals surface area contributed by atoms with Crippen molar-refractivity contribution in [1.29, 1.82) is 0 Å². The van der Waals surface area contributed by atoms with Gasteiger partial charge in [-0.1, -0.05) is 6.07 Å². The molecule has 1 atom stereocenters. The highest BCUT2D eigenvalue weighted by atomic mass is 32.1. The molecule has 0 saturated heterocycles. The van der Waals surface area contributed by atoms with E-state index < -0.39 is 7.14 Å². The van der Waals surface area contributed by atoms with Gasteiger partial charge in [0.15, 0.2) is 0 Å². The molecule has 0 fully saturated rings. The zero-order valence-electron chi connectivity index (χ0n) is 6.65. The van der Waals surface area contributed by atoms with E-state index in [1.54, 1.807) is 24.7 Å². The van der Waals surface area contributed by atoms with Gasteiger partial charge in [-0.15, -0.1) is 11.3 Å². The molecule has 1 heterocycles. The third kappa shape index (κ3) is 2.16. The lowest BCUT2D eigenvalue weighted by atomic mass is 10.5. The Morgan fingerprint density at radius 3 is 2.64 bits per heavy atom. The molecular weight excluding hydrogens is 177 g/mol. The molecule has 0 unspecified atom stereocenters. The van der Waals surface area contributed by atoms with Crippen molar-refractivity contribution in [2.24, 2.45) is 5.73 Å². The molecule has 1 aromatic heterocycles. The Hall–Kier alpha value is -0.110. The predicted molar refractivity (Wildman–Crippen MR) is 50.7 cm³/mol. The maximum absolute atomic E-state index is 11.5. The smallest absolute Gasteiger partial charge is 0.103 e. The number of nitrogens with two attached hydrogens (primary N) is 1. The van der Waals surface area contributed by atoms with Crippen LogP contribution in [0.1, 0.15) is 10.7 Å². The van der Waals surface area contributed by atoms with Gasteiger partial charge in [0.05, 0.1) is 5.78 Å². The van der Waals surface area contributed by atoms with E-state index in [9.17, 15) is 4.57 Å². The summed E-state index contributed by atoms with van der Waals surface area (Å²) in [5.74, 6) is -0.275. The van der Waals surface area contributed by atoms with Crippen LogP contribution in [0.5, 0.6) is 0 Å². The van der Waals surface area contributed by atoms with Crippen molar-refractivity contribution in [3.63, 3.8) is 0 Å². The first-order valence-corrected chi connectivity index (χ1v) is 6.90. The molecule has 0 spiro atoms. The van der Waals surface area contributed by atoms with Crippen molar-refractivity contribution < 1.29 is 4.57 Å². The Balaban J connectivity index is 2.87. The van der Waals surface area contributed by atoms with E-state index in [0.29, 0.717) is 0 Å². The van der Waals surface area contributed by atoms with E-state index in [-0.39, 0.29) is 5.78 Å². The molecule has 0 radical (unpaired) electrons. The highest BCUT2D eigenvalue weighted by molar-refractivity contribution is 7.62. The van der Waals surface area contributed by atoms with Crippen LogP contribution in [0.3, 0.4) is 0 Å². The summed E-state index contributed by atoms with van der Waals surface area (Å²) in [6.45, 7) is 3.44. The van der Waals surface area contributed by atoms with Crippen LogP contribution < -0.4 is 5.73 Å². The summed E-state index contributed by atoms with van der Waals surface area (Å²) in [5.41, 5.74) is 5.76. The average molecular weight is 189 g/mol. The van der Waals surface area contributed by atoms with Gasteiger partial charge in [0.2, 0.25) is 0 Å². The first-order valence-electron chi connectivity index (χ1n) is 3.35. The van der Waals surface area contributed by atoms with Crippen LogP contribution in [0.25, 0.3) is 0 Å². The molecule has 1 rings (SSSR count). The number of hydrogen-bond donors (Lipinski definition) is 1. The molecule has 0 aliphatic rings. The minimum Gasteiger partial charge on any atom is -0.322 e. The molecule has 2 nitrogen and oxygen atoms in total. The summed E-state index contributed by atoms with van der Waals surface area (Å²) in [6, 6.07) is 3.85. The zero-order chi connectivity index (χ0) is 8.48. The van der Waals surface area contributed by atoms with Crippen molar-refractivity contribution >= 4 is 18.5 Å². The molecule has 1 aromatic rings. The molecule has 0 amide bonds. The SMILES string of the molecule is CP(C)(=O)[C@H](N)c1cccs1. The van der Waals surface area contributed by atoms with Crippen LogP contribution in [0.15, 0.2) is 17.5 Å². The summed E-state index contributed by atoms with van der Waals surface area (Å²) in [4.78, 5) is 1.01.